The lowest BCUT2D eigenvalue weighted by Gasteiger charge is -2.47. The van der Waals surface area contributed by atoms with Gasteiger partial charge in [-0.15, -0.1) is 0 Å². The van der Waals surface area contributed by atoms with Crippen LogP contribution in [0.4, 0.5) is 0 Å². The number of aliphatic hydroxyl groups is 1. The molecule has 3 rings (SSSR count). The van der Waals surface area contributed by atoms with E-state index in [0.29, 0.717) is 25.4 Å². The number of β-amino-alcohol motifs (C(OH)–C–C–N with tert-alkyl or cyclic N) is 1. The number of hydrogen-bond acceptors (Lipinski definition) is 2. The predicted molar refractivity (Wildman–Crippen MR) is 69.1 cm³/mol. The number of hydrogen-bond donors (Lipinski definition) is 1. The van der Waals surface area contributed by atoms with Crippen molar-refractivity contribution >= 4 is 5.91 Å². The van der Waals surface area contributed by atoms with E-state index < -0.39 is 5.60 Å². The van der Waals surface area contributed by atoms with E-state index in [2.05, 4.69) is 0 Å². The monoisotopic (exact) mass is 245 g/mol. The second kappa shape index (κ2) is 4.09. The number of carbonyl (C=O) groups excluding carboxylic acids is 1. The van der Waals surface area contributed by atoms with Gasteiger partial charge in [-0.25, -0.2) is 0 Å². The topological polar surface area (TPSA) is 40.5 Å². The van der Waals surface area contributed by atoms with E-state index in [-0.39, 0.29) is 5.91 Å². The highest BCUT2D eigenvalue weighted by Gasteiger charge is 2.53. The summed E-state index contributed by atoms with van der Waals surface area (Å²) in [7, 11) is 0. The van der Waals surface area contributed by atoms with Gasteiger partial charge in [0.15, 0.2) is 0 Å². The molecule has 1 heterocycles. The molecule has 3 heteroatoms. The Labute approximate surface area is 107 Å². The molecule has 1 aromatic carbocycles. The Morgan fingerprint density at radius 2 is 2.06 bits per heavy atom. The van der Waals surface area contributed by atoms with E-state index in [9.17, 15) is 9.90 Å². The molecule has 0 aromatic heterocycles. The smallest absolute Gasteiger partial charge is 0.227 e. The number of carbonyl (C=O) groups is 1. The molecule has 1 aromatic rings. The molecule has 1 saturated carbocycles. The third-order valence-electron chi connectivity index (χ3n) is 4.22. The van der Waals surface area contributed by atoms with Crippen molar-refractivity contribution in [1.29, 1.82) is 0 Å². The average molecular weight is 245 g/mol. The molecule has 0 spiro atoms. The molecule has 1 aliphatic carbocycles. The lowest BCUT2D eigenvalue weighted by molar-refractivity contribution is -0.158. The van der Waals surface area contributed by atoms with Crippen LogP contribution in [0.1, 0.15) is 24.0 Å². The largest absolute Gasteiger partial charge is 0.386 e. The van der Waals surface area contributed by atoms with E-state index in [0.717, 1.165) is 24.0 Å². The van der Waals surface area contributed by atoms with Gasteiger partial charge in [0.2, 0.25) is 5.91 Å². The van der Waals surface area contributed by atoms with Crippen molar-refractivity contribution in [3.05, 3.63) is 35.4 Å². The lowest BCUT2D eigenvalue weighted by Crippen LogP contribution is -2.65. The molecule has 2 fully saturated rings. The average Bonchev–Trinajstić information content (AvgIpc) is 3.12. The van der Waals surface area contributed by atoms with Crippen LogP contribution >= 0.6 is 0 Å². The Morgan fingerprint density at radius 1 is 1.39 bits per heavy atom. The van der Waals surface area contributed by atoms with Crippen molar-refractivity contribution in [2.75, 3.05) is 13.1 Å². The van der Waals surface area contributed by atoms with Crippen LogP contribution in [0.3, 0.4) is 0 Å². The second-order valence-corrected chi connectivity index (χ2v) is 5.73. The maximum atomic E-state index is 12.1. The van der Waals surface area contributed by atoms with E-state index in [1.54, 1.807) is 4.90 Å². The van der Waals surface area contributed by atoms with Crippen LogP contribution in [-0.4, -0.2) is 34.6 Å². The Balaban J connectivity index is 1.59. The molecule has 1 saturated heterocycles. The number of nitrogens with zero attached hydrogens (tertiary/aromatic N) is 1. The molecule has 96 valence electrons. The van der Waals surface area contributed by atoms with Crippen molar-refractivity contribution < 1.29 is 9.90 Å². The third-order valence-corrected chi connectivity index (χ3v) is 4.22. The highest BCUT2D eigenvalue weighted by atomic mass is 16.3. The van der Waals surface area contributed by atoms with Gasteiger partial charge < -0.3 is 10.0 Å². The van der Waals surface area contributed by atoms with Gasteiger partial charge in [-0.2, -0.15) is 0 Å². The summed E-state index contributed by atoms with van der Waals surface area (Å²) in [6.45, 7) is 3.09. The third kappa shape index (κ3) is 2.03. The minimum atomic E-state index is -0.568. The Morgan fingerprint density at radius 3 is 2.67 bits per heavy atom. The molecule has 0 atom stereocenters. The van der Waals surface area contributed by atoms with E-state index >= 15 is 0 Å². The summed E-state index contributed by atoms with van der Waals surface area (Å²) in [4.78, 5) is 13.9. The molecule has 18 heavy (non-hydrogen) atoms. The van der Waals surface area contributed by atoms with Gasteiger partial charge in [0.05, 0.1) is 19.5 Å². The zero-order valence-corrected chi connectivity index (χ0v) is 10.7. The maximum Gasteiger partial charge on any atom is 0.227 e. The van der Waals surface area contributed by atoms with Gasteiger partial charge in [0, 0.05) is 0 Å². The van der Waals surface area contributed by atoms with Crippen LogP contribution in [0.25, 0.3) is 0 Å². The minimum absolute atomic E-state index is 0.134. The zero-order chi connectivity index (χ0) is 12.8. The first-order valence-electron chi connectivity index (χ1n) is 6.63. The molecule has 0 unspecified atom stereocenters. The number of likely N-dealkylation sites (tertiary alicyclic amines) is 1. The van der Waals surface area contributed by atoms with Gasteiger partial charge in [-0.05, 0) is 36.8 Å². The zero-order valence-electron chi connectivity index (χ0n) is 10.7. The summed E-state index contributed by atoms with van der Waals surface area (Å²) in [6.07, 6.45) is 2.69. The first-order chi connectivity index (χ1) is 8.58. The Hall–Kier alpha value is -1.35. The highest BCUT2D eigenvalue weighted by Crippen LogP contribution is 2.44. The summed E-state index contributed by atoms with van der Waals surface area (Å²) in [5, 5.41) is 10.2. The Bertz CT molecular complexity index is 473. The minimum Gasteiger partial charge on any atom is -0.386 e. The van der Waals surface area contributed by atoms with E-state index in [1.807, 2.05) is 31.2 Å². The summed E-state index contributed by atoms with van der Waals surface area (Å²) >= 11 is 0. The van der Waals surface area contributed by atoms with Crippen molar-refractivity contribution in [2.45, 2.75) is 31.8 Å². The van der Waals surface area contributed by atoms with Gasteiger partial charge >= 0.3 is 0 Å². The summed E-state index contributed by atoms with van der Waals surface area (Å²) in [5.74, 6) is 0.578. The van der Waals surface area contributed by atoms with E-state index in [1.165, 1.54) is 0 Å². The van der Waals surface area contributed by atoms with Gasteiger partial charge in [-0.1, -0.05) is 24.3 Å². The van der Waals surface area contributed by atoms with Crippen molar-refractivity contribution in [1.82, 2.24) is 4.90 Å². The summed E-state index contributed by atoms with van der Waals surface area (Å²) < 4.78 is 0. The van der Waals surface area contributed by atoms with Crippen LogP contribution in [-0.2, 0) is 11.2 Å². The number of amides is 1. The number of aryl methyl sites for hydroxylation is 1. The summed E-state index contributed by atoms with van der Waals surface area (Å²) in [5.41, 5.74) is 1.68. The fraction of sp³-hybridized carbons (Fsp3) is 0.533. The van der Waals surface area contributed by atoms with Crippen LogP contribution < -0.4 is 0 Å². The number of rotatable bonds is 3. The second-order valence-electron chi connectivity index (χ2n) is 5.73. The van der Waals surface area contributed by atoms with Crippen LogP contribution in [0.5, 0.6) is 0 Å². The lowest BCUT2D eigenvalue weighted by atomic mass is 9.88. The van der Waals surface area contributed by atoms with Crippen molar-refractivity contribution in [3.8, 4) is 0 Å². The fourth-order valence-corrected chi connectivity index (χ4v) is 2.75. The van der Waals surface area contributed by atoms with Gasteiger partial charge in [0.1, 0.15) is 5.60 Å². The molecule has 1 N–H and O–H groups in total. The molecule has 0 radical (unpaired) electrons. The quantitative estimate of drug-likeness (QED) is 0.877. The fourth-order valence-electron chi connectivity index (χ4n) is 2.75. The molecule has 3 nitrogen and oxygen atoms in total. The normalized spacial score (nSPS) is 21.6. The van der Waals surface area contributed by atoms with Crippen LogP contribution in [0.15, 0.2) is 24.3 Å². The first kappa shape index (κ1) is 11.7. The number of benzene rings is 1. The molecule has 0 bridgehead atoms. The van der Waals surface area contributed by atoms with Gasteiger partial charge in [-0.3, -0.25) is 4.79 Å². The van der Waals surface area contributed by atoms with Crippen LogP contribution in [0.2, 0.25) is 0 Å². The van der Waals surface area contributed by atoms with Crippen molar-refractivity contribution in [3.63, 3.8) is 0 Å². The SMILES string of the molecule is Cc1ccccc1CC(=O)N1CC(O)(C2CC2)C1. The van der Waals surface area contributed by atoms with Crippen LogP contribution in [0, 0.1) is 12.8 Å². The maximum absolute atomic E-state index is 12.1. The molecule has 1 amide bonds. The van der Waals surface area contributed by atoms with E-state index in [4.69, 9.17) is 0 Å². The molecule has 1 aliphatic heterocycles. The first-order valence-corrected chi connectivity index (χ1v) is 6.63. The van der Waals surface area contributed by atoms with Crippen molar-refractivity contribution in [2.24, 2.45) is 5.92 Å². The highest BCUT2D eigenvalue weighted by molar-refractivity contribution is 5.80. The standard InChI is InChI=1S/C15H19NO2/c1-11-4-2-3-5-12(11)8-14(17)16-9-15(18,10-16)13-6-7-13/h2-5,13,18H,6-10H2,1H3. The Kier molecular flexibility index (Phi) is 2.67. The summed E-state index contributed by atoms with van der Waals surface area (Å²) in [6, 6.07) is 7.98. The van der Waals surface area contributed by atoms with Gasteiger partial charge in [0.25, 0.3) is 0 Å². The predicted octanol–water partition coefficient (Wildman–Crippen LogP) is 1.52. The molecular weight excluding hydrogens is 226 g/mol. The molecule has 2 aliphatic rings. The molecular formula is C15H19NO2.